The Morgan fingerprint density at radius 2 is 2.00 bits per heavy atom. The highest BCUT2D eigenvalue weighted by atomic mass is 35.5. The maximum absolute atomic E-state index is 5.87. The van der Waals surface area contributed by atoms with E-state index in [9.17, 15) is 0 Å². The number of guanidine groups is 1. The summed E-state index contributed by atoms with van der Waals surface area (Å²) in [7, 11) is 7.73. The van der Waals surface area contributed by atoms with Crippen LogP contribution in [0.4, 0.5) is 5.13 Å². The number of hydrogen-bond acceptors (Lipinski definition) is 5. The number of aliphatic imine (C=N–C) groups is 1. The van der Waals surface area contributed by atoms with Gasteiger partial charge in [-0.2, -0.15) is 0 Å². The van der Waals surface area contributed by atoms with E-state index in [2.05, 4.69) is 20.7 Å². The number of anilines is 1. The molecule has 0 aliphatic carbocycles. The second-order valence-corrected chi connectivity index (χ2v) is 6.91. The number of rotatable bonds is 7. The minimum Gasteiger partial charge on any atom is -0.492 e. The topological polar surface area (TPSA) is 53.0 Å². The Kier molecular flexibility index (Phi) is 7.33. The molecule has 1 aromatic carbocycles. The molecule has 0 unspecified atom stereocenters. The first-order valence-corrected chi connectivity index (χ1v) is 9.17. The summed E-state index contributed by atoms with van der Waals surface area (Å²) in [4.78, 5) is 12.9. The number of hydrogen-bond donors (Lipinski definition) is 1. The van der Waals surface area contributed by atoms with Gasteiger partial charge < -0.3 is 19.9 Å². The van der Waals surface area contributed by atoms with Crippen LogP contribution < -0.4 is 15.0 Å². The van der Waals surface area contributed by atoms with Gasteiger partial charge in [0.15, 0.2) is 11.1 Å². The molecule has 136 valence electrons. The Morgan fingerprint density at radius 1 is 1.28 bits per heavy atom. The molecule has 0 aliphatic rings. The molecule has 0 radical (unpaired) electrons. The number of ether oxygens (including phenoxy) is 1. The smallest absolute Gasteiger partial charge is 0.193 e. The van der Waals surface area contributed by atoms with Crippen LogP contribution in [0.5, 0.6) is 5.75 Å². The van der Waals surface area contributed by atoms with Crippen molar-refractivity contribution in [2.45, 2.75) is 6.54 Å². The van der Waals surface area contributed by atoms with Crippen LogP contribution in [0.1, 0.15) is 5.69 Å². The van der Waals surface area contributed by atoms with Crippen LogP contribution in [0.25, 0.3) is 0 Å². The molecule has 2 rings (SSSR count). The first kappa shape index (κ1) is 19.3. The van der Waals surface area contributed by atoms with E-state index in [1.807, 2.05) is 55.2 Å². The summed E-state index contributed by atoms with van der Waals surface area (Å²) < 4.78 is 5.72. The molecule has 0 saturated heterocycles. The standard InChI is InChI=1S/C17H24ClN5OS/c1-19-16(20-11-14-12-25-17(21-14)22(2)3)23(4)9-10-24-15-7-5-13(18)6-8-15/h5-8,12H,9-11H2,1-4H3,(H,19,20). The van der Waals surface area contributed by atoms with Gasteiger partial charge in [0.1, 0.15) is 12.4 Å². The minimum atomic E-state index is 0.556. The van der Waals surface area contributed by atoms with Crippen molar-refractivity contribution < 1.29 is 4.74 Å². The van der Waals surface area contributed by atoms with E-state index < -0.39 is 0 Å². The first-order chi connectivity index (χ1) is 12.0. The molecule has 1 heterocycles. The summed E-state index contributed by atoms with van der Waals surface area (Å²) in [5, 5.41) is 7.08. The summed E-state index contributed by atoms with van der Waals surface area (Å²) in [5.74, 6) is 1.61. The number of nitrogens with one attached hydrogen (secondary N) is 1. The van der Waals surface area contributed by atoms with E-state index in [0.717, 1.165) is 22.5 Å². The van der Waals surface area contributed by atoms with E-state index >= 15 is 0 Å². The molecule has 2 aromatic rings. The molecule has 0 bridgehead atoms. The van der Waals surface area contributed by atoms with Gasteiger partial charge in [-0.1, -0.05) is 11.6 Å². The van der Waals surface area contributed by atoms with Crippen LogP contribution in [0.15, 0.2) is 34.6 Å². The first-order valence-electron chi connectivity index (χ1n) is 7.91. The maximum atomic E-state index is 5.87. The highest BCUT2D eigenvalue weighted by molar-refractivity contribution is 7.13. The molecule has 6 nitrogen and oxygen atoms in total. The van der Waals surface area contributed by atoms with Crippen molar-refractivity contribution in [3.63, 3.8) is 0 Å². The number of nitrogens with zero attached hydrogens (tertiary/aromatic N) is 4. The number of benzene rings is 1. The fourth-order valence-corrected chi connectivity index (χ4v) is 2.96. The largest absolute Gasteiger partial charge is 0.492 e. The van der Waals surface area contributed by atoms with E-state index in [4.69, 9.17) is 16.3 Å². The van der Waals surface area contributed by atoms with Crippen LogP contribution in [-0.4, -0.2) is 57.2 Å². The Morgan fingerprint density at radius 3 is 2.60 bits per heavy atom. The predicted octanol–water partition coefficient (Wildman–Crippen LogP) is 2.95. The molecule has 0 amide bonds. The van der Waals surface area contributed by atoms with Crippen molar-refractivity contribution in [2.75, 3.05) is 46.2 Å². The van der Waals surface area contributed by atoms with E-state index in [0.29, 0.717) is 24.7 Å². The molecular weight excluding hydrogens is 358 g/mol. The third-order valence-electron chi connectivity index (χ3n) is 3.43. The van der Waals surface area contributed by atoms with Crippen LogP contribution >= 0.6 is 22.9 Å². The molecule has 0 saturated carbocycles. The van der Waals surface area contributed by atoms with E-state index in [1.165, 1.54) is 0 Å². The van der Waals surface area contributed by atoms with Crippen molar-refractivity contribution in [3.05, 3.63) is 40.4 Å². The summed E-state index contributed by atoms with van der Waals surface area (Å²) in [6, 6.07) is 7.35. The van der Waals surface area contributed by atoms with Crippen LogP contribution in [0, 0.1) is 0 Å². The normalized spacial score (nSPS) is 11.3. The Bertz CT molecular complexity index is 687. The highest BCUT2D eigenvalue weighted by Crippen LogP contribution is 2.17. The number of thiazole rings is 1. The second-order valence-electron chi connectivity index (χ2n) is 5.64. The molecule has 0 aliphatic heterocycles. The summed E-state index contributed by atoms with van der Waals surface area (Å²) >= 11 is 7.50. The molecule has 1 aromatic heterocycles. The van der Waals surface area contributed by atoms with Crippen LogP contribution in [0.3, 0.4) is 0 Å². The average Bonchev–Trinajstić information content (AvgIpc) is 3.06. The zero-order valence-electron chi connectivity index (χ0n) is 15.0. The van der Waals surface area contributed by atoms with Gasteiger partial charge in [-0.15, -0.1) is 11.3 Å². The zero-order chi connectivity index (χ0) is 18.2. The molecule has 8 heteroatoms. The zero-order valence-corrected chi connectivity index (χ0v) is 16.6. The van der Waals surface area contributed by atoms with Gasteiger partial charge in [0, 0.05) is 38.6 Å². The van der Waals surface area contributed by atoms with Crippen molar-refractivity contribution >= 4 is 34.0 Å². The lowest BCUT2D eigenvalue weighted by Crippen LogP contribution is -2.40. The van der Waals surface area contributed by atoms with Crippen molar-refractivity contribution in [2.24, 2.45) is 4.99 Å². The van der Waals surface area contributed by atoms with E-state index in [-0.39, 0.29) is 0 Å². The van der Waals surface area contributed by atoms with Gasteiger partial charge in [0.05, 0.1) is 18.8 Å². The second kappa shape index (κ2) is 9.48. The summed E-state index contributed by atoms with van der Waals surface area (Å²) in [5.41, 5.74) is 1.00. The Balaban J connectivity index is 1.77. The lowest BCUT2D eigenvalue weighted by molar-refractivity contribution is 0.281. The molecule has 25 heavy (non-hydrogen) atoms. The van der Waals surface area contributed by atoms with Gasteiger partial charge in [-0.3, -0.25) is 4.99 Å². The van der Waals surface area contributed by atoms with E-state index in [1.54, 1.807) is 18.4 Å². The third-order valence-corrected chi connectivity index (χ3v) is 4.74. The van der Waals surface area contributed by atoms with Crippen LogP contribution in [-0.2, 0) is 6.54 Å². The van der Waals surface area contributed by atoms with Gasteiger partial charge in [-0.05, 0) is 24.3 Å². The molecule has 0 fully saturated rings. The van der Waals surface area contributed by atoms with Gasteiger partial charge in [0.25, 0.3) is 0 Å². The monoisotopic (exact) mass is 381 g/mol. The number of likely N-dealkylation sites (N-methyl/N-ethyl adjacent to an activating group) is 1. The fourth-order valence-electron chi connectivity index (χ4n) is 2.07. The van der Waals surface area contributed by atoms with Crippen molar-refractivity contribution in [1.82, 2.24) is 15.2 Å². The number of halogens is 1. The quantitative estimate of drug-likeness (QED) is 0.590. The van der Waals surface area contributed by atoms with Crippen molar-refractivity contribution in [3.8, 4) is 5.75 Å². The molecular formula is C17H24ClN5OS. The Hall–Kier alpha value is -1.99. The summed E-state index contributed by atoms with van der Waals surface area (Å²) in [6.07, 6.45) is 0. The third kappa shape index (κ3) is 6.10. The van der Waals surface area contributed by atoms with Gasteiger partial charge >= 0.3 is 0 Å². The van der Waals surface area contributed by atoms with Crippen LogP contribution in [0.2, 0.25) is 5.02 Å². The fraction of sp³-hybridized carbons (Fsp3) is 0.412. The van der Waals surface area contributed by atoms with Crippen molar-refractivity contribution in [1.29, 1.82) is 0 Å². The summed E-state index contributed by atoms with van der Waals surface area (Å²) in [6.45, 7) is 1.90. The SMILES string of the molecule is CN=C(NCc1csc(N(C)C)n1)N(C)CCOc1ccc(Cl)cc1. The molecule has 0 atom stereocenters. The Labute approximate surface area is 158 Å². The lowest BCUT2D eigenvalue weighted by atomic mass is 10.3. The van der Waals surface area contributed by atoms with Gasteiger partial charge in [0.2, 0.25) is 0 Å². The molecule has 1 N–H and O–H groups in total. The number of aromatic nitrogens is 1. The predicted molar refractivity (Wildman–Crippen MR) is 106 cm³/mol. The van der Waals surface area contributed by atoms with Gasteiger partial charge in [-0.25, -0.2) is 4.98 Å². The molecule has 0 spiro atoms. The maximum Gasteiger partial charge on any atom is 0.193 e. The lowest BCUT2D eigenvalue weighted by Gasteiger charge is -2.21. The highest BCUT2D eigenvalue weighted by Gasteiger charge is 2.08. The average molecular weight is 382 g/mol. The minimum absolute atomic E-state index is 0.556.